The zero-order chi connectivity index (χ0) is 17.2. The van der Waals surface area contributed by atoms with Crippen LogP contribution in [-0.4, -0.2) is 40.5 Å². The van der Waals surface area contributed by atoms with E-state index in [0.717, 1.165) is 38.3 Å². The molecule has 2 aliphatic rings. The van der Waals surface area contributed by atoms with Crippen LogP contribution in [0.15, 0.2) is 29.9 Å². The van der Waals surface area contributed by atoms with Gasteiger partial charge in [-0.2, -0.15) is 0 Å². The zero-order valence-corrected chi connectivity index (χ0v) is 15.5. The molecule has 1 amide bonds. The standard InChI is InChI=1S/C19H26N4OS/c1-22-9-2-5-14(17(22)16-7-4-12-25-16)13-21-19(24)15-6-3-10-23-11-8-20-18(15)23/h4,7-8,11-12,14-15,17H,2-3,5-6,9-10,13H2,1H3,(H,21,24). The van der Waals surface area contributed by atoms with Crippen LogP contribution in [0.25, 0.3) is 0 Å². The lowest BCUT2D eigenvalue weighted by Gasteiger charge is -2.39. The molecule has 0 spiro atoms. The number of aryl methyl sites for hydroxylation is 1. The maximum atomic E-state index is 12.8. The molecule has 3 unspecified atom stereocenters. The van der Waals surface area contributed by atoms with Gasteiger partial charge in [0.1, 0.15) is 5.82 Å². The van der Waals surface area contributed by atoms with Crippen molar-refractivity contribution in [3.8, 4) is 0 Å². The molecule has 2 aromatic heterocycles. The van der Waals surface area contributed by atoms with E-state index in [2.05, 4.69) is 44.3 Å². The smallest absolute Gasteiger partial charge is 0.230 e. The lowest BCUT2D eigenvalue weighted by molar-refractivity contribution is -0.123. The highest BCUT2D eigenvalue weighted by Gasteiger charge is 2.33. The molecule has 6 heteroatoms. The number of hydrogen-bond donors (Lipinski definition) is 1. The average molecular weight is 359 g/mol. The normalized spacial score (nSPS) is 27.0. The highest BCUT2D eigenvalue weighted by atomic mass is 32.1. The Kier molecular flexibility index (Phi) is 4.90. The number of likely N-dealkylation sites (tertiary alicyclic amines) is 1. The van der Waals surface area contributed by atoms with E-state index < -0.39 is 0 Å². The minimum Gasteiger partial charge on any atom is -0.355 e. The van der Waals surface area contributed by atoms with Gasteiger partial charge in [-0.1, -0.05) is 6.07 Å². The third kappa shape index (κ3) is 3.37. The Balaban J connectivity index is 1.43. The Hall–Kier alpha value is -1.66. The summed E-state index contributed by atoms with van der Waals surface area (Å²) in [6, 6.07) is 4.77. The number of nitrogens with one attached hydrogen (secondary N) is 1. The Bertz CT molecular complexity index is 711. The van der Waals surface area contributed by atoms with Gasteiger partial charge in [0.05, 0.1) is 5.92 Å². The molecule has 25 heavy (non-hydrogen) atoms. The minimum atomic E-state index is -0.0924. The molecular formula is C19H26N4OS. The first-order valence-electron chi connectivity index (χ1n) is 9.26. The summed E-state index contributed by atoms with van der Waals surface area (Å²) in [5, 5.41) is 5.40. The van der Waals surface area contributed by atoms with Crippen LogP contribution in [-0.2, 0) is 11.3 Å². The van der Waals surface area contributed by atoms with Crippen LogP contribution in [0.1, 0.15) is 48.3 Å². The number of carbonyl (C=O) groups excluding carboxylic acids is 1. The molecule has 2 aliphatic heterocycles. The molecule has 0 radical (unpaired) electrons. The van der Waals surface area contributed by atoms with Crippen molar-refractivity contribution in [2.45, 2.75) is 44.2 Å². The monoisotopic (exact) mass is 358 g/mol. The van der Waals surface area contributed by atoms with Gasteiger partial charge >= 0.3 is 0 Å². The number of amides is 1. The lowest BCUT2D eigenvalue weighted by atomic mass is 9.88. The quantitative estimate of drug-likeness (QED) is 0.914. The van der Waals surface area contributed by atoms with Crippen molar-refractivity contribution < 1.29 is 4.79 Å². The van der Waals surface area contributed by atoms with Gasteiger partial charge in [0.25, 0.3) is 0 Å². The van der Waals surface area contributed by atoms with Crippen LogP contribution < -0.4 is 5.32 Å². The number of thiophene rings is 1. The molecule has 1 saturated heterocycles. The van der Waals surface area contributed by atoms with Crippen LogP contribution in [0, 0.1) is 5.92 Å². The largest absolute Gasteiger partial charge is 0.355 e. The Morgan fingerprint density at radius 1 is 1.36 bits per heavy atom. The van der Waals surface area contributed by atoms with E-state index in [4.69, 9.17) is 0 Å². The molecule has 0 aliphatic carbocycles. The second-order valence-electron chi connectivity index (χ2n) is 7.26. The summed E-state index contributed by atoms with van der Waals surface area (Å²) in [5.41, 5.74) is 0. The van der Waals surface area contributed by atoms with Gasteiger partial charge in [-0.15, -0.1) is 11.3 Å². The fourth-order valence-corrected chi connectivity index (χ4v) is 5.38. The van der Waals surface area contributed by atoms with E-state index in [9.17, 15) is 4.79 Å². The molecule has 1 fully saturated rings. The predicted molar refractivity (Wildman–Crippen MR) is 99.6 cm³/mol. The highest BCUT2D eigenvalue weighted by molar-refractivity contribution is 7.10. The molecule has 3 atom stereocenters. The highest BCUT2D eigenvalue weighted by Crippen LogP contribution is 2.37. The minimum absolute atomic E-state index is 0.0924. The van der Waals surface area contributed by atoms with Gasteiger partial charge in [-0.25, -0.2) is 4.98 Å². The van der Waals surface area contributed by atoms with Crippen molar-refractivity contribution in [1.29, 1.82) is 0 Å². The van der Waals surface area contributed by atoms with Crippen molar-refractivity contribution in [3.05, 3.63) is 40.6 Å². The topological polar surface area (TPSA) is 50.2 Å². The van der Waals surface area contributed by atoms with E-state index in [1.165, 1.54) is 17.7 Å². The van der Waals surface area contributed by atoms with Crippen LogP contribution in [0.2, 0.25) is 0 Å². The number of aromatic nitrogens is 2. The van der Waals surface area contributed by atoms with Crippen molar-refractivity contribution in [3.63, 3.8) is 0 Å². The molecule has 0 saturated carbocycles. The molecule has 0 bridgehead atoms. The van der Waals surface area contributed by atoms with E-state index in [0.29, 0.717) is 12.0 Å². The lowest BCUT2D eigenvalue weighted by Crippen LogP contribution is -2.43. The van der Waals surface area contributed by atoms with Crippen LogP contribution in [0.5, 0.6) is 0 Å². The molecule has 134 valence electrons. The van der Waals surface area contributed by atoms with E-state index in [1.54, 1.807) is 0 Å². The molecule has 4 heterocycles. The Morgan fingerprint density at radius 3 is 3.08 bits per heavy atom. The summed E-state index contributed by atoms with van der Waals surface area (Å²) in [6.07, 6.45) is 8.12. The second kappa shape index (κ2) is 7.30. The SMILES string of the molecule is CN1CCCC(CNC(=O)C2CCCn3ccnc32)C1c1cccs1. The summed E-state index contributed by atoms with van der Waals surface area (Å²) >= 11 is 1.82. The van der Waals surface area contributed by atoms with E-state index in [1.807, 2.05) is 23.7 Å². The van der Waals surface area contributed by atoms with Gasteiger partial charge in [0.15, 0.2) is 0 Å². The van der Waals surface area contributed by atoms with Crippen LogP contribution in [0.4, 0.5) is 0 Å². The number of rotatable bonds is 4. The van der Waals surface area contributed by atoms with Crippen molar-refractivity contribution in [2.24, 2.45) is 5.92 Å². The third-order valence-electron chi connectivity index (χ3n) is 5.65. The fourth-order valence-electron chi connectivity index (χ4n) is 4.40. The molecule has 5 nitrogen and oxygen atoms in total. The number of carbonyl (C=O) groups is 1. The fraction of sp³-hybridized carbons (Fsp3) is 0.579. The maximum absolute atomic E-state index is 12.8. The molecule has 1 N–H and O–H groups in total. The van der Waals surface area contributed by atoms with Crippen LogP contribution >= 0.6 is 11.3 Å². The number of imidazole rings is 1. The number of fused-ring (bicyclic) bond motifs is 1. The predicted octanol–water partition coefficient (Wildman–Crippen LogP) is 3.02. The van der Waals surface area contributed by atoms with Gasteiger partial charge in [-0.05, 0) is 56.6 Å². The van der Waals surface area contributed by atoms with Gasteiger partial charge in [-0.3, -0.25) is 9.69 Å². The first kappa shape index (κ1) is 16.8. The molecule has 2 aromatic rings. The average Bonchev–Trinajstić information content (AvgIpc) is 3.30. The first-order valence-corrected chi connectivity index (χ1v) is 10.1. The van der Waals surface area contributed by atoms with Crippen molar-refractivity contribution >= 4 is 17.2 Å². The molecular weight excluding hydrogens is 332 g/mol. The van der Waals surface area contributed by atoms with Crippen molar-refractivity contribution in [2.75, 3.05) is 20.1 Å². The van der Waals surface area contributed by atoms with Gasteiger partial charge in [0, 0.05) is 36.4 Å². The zero-order valence-electron chi connectivity index (χ0n) is 14.7. The van der Waals surface area contributed by atoms with E-state index in [-0.39, 0.29) is 11.8 Å². The Morgan fingerprint density at radius 2 is 2.24 bits per heavy atom. The Labute approximate surface area is 153 Å². The summed E-state index contributed by atoms with van der Waals surface area (Å²) in [4.78, 5) is 21.1. The molecule has 4 rings (SSSR count). The molecule has 0 aromatic carbocycles. The number of piperidine rings is 1. The van der Waals surface area contributed by atoms with Gasteiger partial charge in [0.2, 0.25) is 5.91 Å². The summed E-state index contributed by atoms with van der Waals surface area (Å²) in [5.74, 6) is 1.46. The maximum Gasteiger partial charge on any atom is 0.230 e. The number of nitrogens with zero attached hydrogens (tertiary/aromatic N) is 3. The third-order valence-corrected chi connectivity index (χ3v) is 6.59. The van der Waals surface area contributed by atoms with Gasteiger partial charge < -0.3 is 9.88 Å². The van der Waals surface area contributed by atoms with Crippen molar-refractivity contribution in [1.82, 2.24) is 19.8 Å². The second-order valence-corrected chi connectivity index (χ2v) is 8.24. The first-order chi connectivity index (χ1) is 12.2. The van der Waals surface area contributed by atoms with E-state index >= 15 is 0 Å². The summed E-state index contributed by atoms with van der Waals surface area (Å²) in [7, 11) is 2.20. The van der Waals surface area contributed by atoms with Crippen LogP contribution in [0.3, 0.4) is 0 Å². The summed E-state index contributed by atoms with van der Waals surface area (Å²) < 4.78 is 2.12. The summed E-state index contributed by atoms with van der Waals surface area (Å²) in [6.45, 7) is 2.86. The number of hydrogen-bond acceptors (Lipinski definition) is 4.